The number of ether oxygens (including phenoxy) is 2. The summed E-state index contributed by atoms with van der Waals surface area (Å²) >= 11 is 0. The lowest BCUT2D eigenvalue weighted by atomic mass is 10.3. The Kier molecular flexibility index (Phi) is 7.26. The molecular formula is C15H25NO2. The molecule has 0 amide bonds. The molecule has 0 aliphatic rings. The Morgan fingerprint density at radius 2 is 1.83 bits per heavy atom. The van der Waals surface area contributed by atoms with E-state index in [0.717, 1.165) is 44.0 Å². The summed E-state index contributed by atoms with van der Waals surface area (Å²) in [6.45, 7) is 8.94. The molecule has 3 heteroatoms. The van der Waals surface area contributed by atoms with Gasteiger partial charge in [-0.05, 0) is 38.4 Å². The molecule has 0 radical (unpaired) electrons. The summed E-state index contributed by atoms with van der Waals surface area (Å²) in [7, 11) is 0. The number of hydrogen-bond acceptors (Lipinski definition) is 3. The van der Waals surface area contributed by atoms with Crippen LogP contribution in [0, 0.1) is 0 Å². The van der Waals surface area contributed by atoms with E-state index in [2.05, 4.69) is 26.1 Å². The van der Waals surface area contributed by atoms with E-state index in [-0.39, 0.29) is 6.10 Å². The highest BCUT2D eigenvalue weighted by molar-refractivity contribution is 5.39. The maximum atomic E-state index is 5.90. The van der Waals surface area contributed by atoms with Crippen molar-refractivity contribution >= 4 is 0 Å². The fourth-order valence-corrected chi connectivity index (χ4v) is 1.62. The molecule has 0 fully saturated rings. The molecule has 3 nitrogen and oxygen atoms in total. The Balaban J connectivity index is 2.49. The summed E-state index contributed by atoms with van der Waals surface area (Å²) in [5, 5.41) is 3.35. The van der Waals surface area contributed by atoms with Gasteiger partial charge in [0, 0.05) is 6.54 Å². The number of benzene rings is 1. The van der Waals surface area contributed by atoms with Crippen LogP contribution in [0.1, 0.15) is 33.6 Å². The maximum Gasteiger partial charge on any atom is 0.161 e. The summed E-state index contributed by atoms with van der Waals surface area (Å²) in [5.74, 6) is 1.67. The molecular weight excluding hydrogens is 226 g/mol. The highest BCUT2D eigenvalue weighted by Gasteiger charge is 2.08. The molecule has 0 aromatic heterocycles. The van der Waals surface area contributed by atoms with Gasteiger partial charge < -0.3 is 14.8 Å². The fourth-order valence-electron chi connectivity index (χ4n) is 1.62. The van der Waals surface area contributed by atoms with Crippen LogP contribution in [-0.4, -0.2) is 25.8 Å². The monoisotopic (exact) mass is 251 g/mol. The number of rotatable bonds is 9. The average Bonchev–Trinajstić information content (AvgIpc) is 2.38. The van der Waals surface area contributed by atoms with E-state index in [4.69, 9.17) is 9.47 Å². The molecule has 1 aromatic rings. The van der Waals surface area contributed by atoms with E-state index in [0.29, 0.717) is 0 Å². The summed E-state index contributed by atoms with van der Waals surface area (Å²) in [6, 6.07) is 7.86. The molecule has 0 saturated heterocycles. The van der Waals surface area contributed by atoms with E-state index in [9.17, 15) is 0 Å². The molecule has 18 heavy (non-hydrogen) atoms. The van der Waals surface area contributed by atoms with Crippen LogP contribution in [0.4, 0.5) is 0 Å². The van der Waals surface area contributed by atoms with Gasteiger partial charge in [0.15, 0.2) is 11.5 Å². The van der Waals surface area contributed by atoms with Gasteiger partial charge in [-0.1, -0.05) is 26.0 Å². The molecule has 1 unspecified atom stereocenters. The smallest absolute Gasteiger partial charge is 0.161 e. The predicted molar refractivity (Wildman–Crippen MR) is 75.5 cm³/mol. The Morgan fingerprint density at radius 3 is 2.50 bits per heavy atom. The molecule has 1 aromatic carbocycles. The second-order valence-corrected chi connectivity index (χ2v) is 4.43. The molecule has 0 spiro atoms. The Morgan fingerprint density at radius 1 is 1.11 bits per heavy atom. The highest BCUT2D eigenvalue weighted by atomic mass is 16.5. The standard InChI is InChI=1S/C15H25NO2/c1-4-10-16-12-13(3)18-15-9-7-6-8-14(15)17-11-5-2/h6-9,13,16H,4-5,10-12H2,1-3H3. The van der Waals surface area contributed by atoms with Crippen molar-refractivity contribution in [3.8, 4) is 11.5 Å². The highest BCUT2D eigenvalue weighted by Crippen LogP contribution is 2.27. The summed E-state index contributed by atoms with van der Waals surface area (Å²) < 4.78 is 11.6. The van der Waals surface area contributed by atoms with Crippen molar-refractivity contribution in [3.63, 3.8) is 0 Å². The molecule has 0 aliphatic carbocycles. The molecule has 1 N–H and O–H groups in total. The fraction of sp³-hybridized carbons (Fsp3) is 0.600. The topological polar surface area (TPSA) is 30.5 Å². The number of para-hydroxylation sites is 2. The SMILES string of the molecule is CCCNCC(C)Oc1ccccc1OCCC. The minimum atomic E-state index is 0.142. The van der Waals surface area contributed by atoms with Crippen LogP contribution in [0.3, 0.4) is 0 Å². The largest absolute Gasteiger partial charge is 0.490 e. The lowest BCUT2D eigenvalue weighted by molar-refractivity contribution is 0.202. The van der Waals surface area contributed by atoms with Crippen molar-refractivity contribution in [2.75, 3.05) is 19.7 Å². The normalized spacial score (nSPS) is 12.2. The zero-order valence-corrected chi connectivity index (χ0v) is 11.7. The minimum absolute atomic E-state index is 0.142. The zero-order chi connectivity index (χ0) is 13.2. The van der Waals surface area contributed by atoms with E-state index < -0.39 is 0 Å². The van der Waals surface area contributed by atoms with Gasteiger partial charge in [-0.3, -0.25) is 0 Å². The van der Waals surface area contributed by atoms with Gasteiger partial charge in [0.25, 0.3) is 0 Å². The van der Waals surface area contributed by atoms with Gasteiger partial charge in [-0.25, -0.2) is 0 Å². The van der Waals surface area contributed by atoms with Gasteiger partial charge in [0.2, 0.25) is 0 Å². The first-order valence-corrected chi connectivity index (χ1v) is 6.87. The second kappa shape index (κ2) is 8.81. The van der Waals surface area contributed by atoms with Crippen molar-refractivity contribution in [2.45, 2.75) is 39.7 Å². The predicted octanol–water partition coefficient (Wildman–Crippen LogP) is 3.24. The van der Waals surface area contributed by atoms with Gasteiger partial charge in [-0.2, -0.15) is 0 Å². The van der Waals surface area contributed by atoms with Crippen LogP contribution in [0.15, 0.2) is 24.3 Å². The third-order valence-electron chi connectivity index (χ3n) is 2.50. The van der Waals surface area contributed by atoms with E-state index >= 15 is 0 Å². The van der Waals surface area contributed by atoms with Crippen molar-refractivity contribution in [1.29, 1.82) is 0 Å². The number of hydrogen-bond donors (Lipinski definition) is 1. The zero-order valence-electron chi connectivity index (χ0n) is 11.7. The van der Waals surface area contributed by atoms with Gasteiger partial charge in [-0.15, -0.1) is 0 Å². The van der Waals surface area contributed by atoms with Gasteiger partial charge in [0.1, 0.15) is 6.10 Å². The van der Waals surface area contributed by atoms with Crippen LogP contribution in [-0.2, 0) is 0 Å². The number of nitrogens with one attached hydrogen (secondary N) is 1. The van der Waals surface area contributed by atoms with Crippen LogP contribution in [0.5, 0.6) is 11.5 Å². The van der Waals surface area contributed by atoms with Crippen molar-refractivity contribution in [3.05, 3.63) is 24.3 Å². The summed E-state index contributed by atoms with van der Waals surface area (Å²) in [5.41, 5.74) is 0. The van der Waals surface area contributed by atoms with Crippen LogP contribution in [0.25, 0.3) is 0 Å². The third kappa shape index (κ3) is 5.41. The Labute approximate surface area is 110 Å². The maximum absolute atomic E-state index is 5.90. The molecule has 0 aliphatic heterocycles. The van der Waals surface area contributed by atoms with E-state index in [1.165, 1.54) is 0 Å². The summed E-state index contributed by atoms with van der Waals surface area (Å²) in [6.07, 6.45) is 2.29. The van der Waals surface area contributed by atoms with Gasteiger partial charge >= 0.3 is 0 Å². The first kappa shape index (κ1) is 14.8. The van der Waals surface area contributed by atoms with Gasteiger partial charge in [0.05, 0.1) is 6.61 Å². The molecule has 1 rings (SSSR count). The molecule has 0 saturated carbocycles. The minimum Gasteiger partial charge on any atom is -0.490 e. The van der Waals surface area contributed by atoms with E-state index in [1.54, 1.807) is 0 Å². The quantitative estimate of drug-likeness (QED) is 0.683. The Bertz CT molecular complexity index is 328. The molecule has 0 bridgehead atoms. The third-order valence-corrected chi connectivity index (χ3v) is 2.50. The Hall–Kier alpha value is -1.22. The molecule has 1 atom stereocenters. The first-order chi connectivity index (χ1) is 8.77. The summed E-state index contributed by atoms with van der Waals surface area (Å²) in [4.78, 5) is 0. The van der Waals surface area contributed by atoms with Crippen molar-refractivity contribution in [2.24, 2.45) is 0 Å². The first-order valence-electron chi connectivity index (χ1n) is 6.87. The van der Waals surface area contributed by atoms with E-state index in [1.807, 2.05) is 24.3 Å². The average molecular weight is 251 g/mol. The van der Waals surface area contributed by atoms with Crippen molar-refractivity contribution in [1.82, 2.24) is 5.32 Å². The lowest BCUT2D eigenvalue weighted by Gasteiger charge is -2.18. The lowest BCUT2D eigenvalue weighted by Crippen LogP contribution is -2.29. The molecule has 0 heterocycles. The van der Waals surface area contributed by atoms with Crippen LogP contribution >= 0.6 is 0 Å². The van der Waals surface area contributed by atoms with Crippen LogP contribution in [0.2, 0.25) is 0 Å². The molecule has 102 valence electrons. The second-order valence-electron chi connectivity index (χ2n) is 4.43. The van der Waals surface area contributed by atoms with Crippen LogP contribution < -0.4 is 14.8 Å². The van der Waals surface area contributed by atoms with Crippen molar-refractivity contribution < 1.29 is 9.47 Å².